The number of carbonyl (C=O) groups is 2. The highest BCUT2D eigenvalue weighted by atomic mass is 16.6. The van der Waals surface area contributed by atoms with Gasteiger partial charge in [0.05, 0.1) is 0 Å². The first-order valence-electron chi connectivity index (χ1n) is 10.1. The smallest absolute Gasteiger partial charge is 0.323 e. The van der Waals surface area contributed by atoms with Crippen LogP contribution in [0.4, 0.5) is 0 Å². The van der Waals surface area contributed by atoms with E-state index in [-0.39, 0.29) is 18.6 Å². The van der Waals surface area contributed by atoms with Crippen molar-refractivity contribution in [3.63, 3.8) is 0 Å². The zero-order chi connectivity index (χ0) is 21.0. The molecule has 1 saturated heterocycles. The largest absolute Gasteiger partial charge is 0.480 e. The van der Waals surface area contributed by atoms with E-state index in [9.17, 15) is 14.7 Å². The molecule has 1 heterocycles. The van der Waals surface area contributed by atoms with E-state index in [4.69, 9.17) is 4.74 Å². The van der Waals surface area contributed by atoms with Gasteiger partial charge in [-0.15, -0.1) is 0 Å². The number of benzene rings is 2. The van der Waals surface area contributed by atoms with Gasteiger partial charge in [-0.25, -0.2) is 0 Å². The predicted molar refractivity (Wildman–Crippen MR) is 113 cm³/mol. The lowest BCUT2D eigenvalue weighted by molar-refractivity contribution is -0.161. The molecular weight excluding hydrogens is 368 g/mol. The third-order valence-electron chi connectivity index (χ3n) is 5.18. The molecule has 2 aromatic carbocycles. The van der Waals surface area contributed by atoms with Crippen molar-refractivity contribution in [3.8, 4) is 0 Å². The minimum Gasteiger partial charge on any atom is -0.480 e. The van der Waals surface area contributed by atoms with E-state index in [1.807, 2.05) is 68.1 Å². The van der Waals surface area contributed by atoms with Crippen LogP contribution in [0.1, 0.15) is 39.2 Å². The first kappa shape index (κ1) is 21.3. The fraction of sp³-hybridized carbons (Fsp3) is 0.478. The van der Waals surface area contributed by atoms with Crippen LogP contribution in [0, 0.1) is 0 Å². The highest BCUT2D eigenvalue weighted by Gasteiger charge is 2.36. The molecule has 2 N–H and O–H groups in total. The van der Waals surface area contributed by atoms with Gasteiger partial charge in [-0.1, -0.05) is 42.5 Å². The molecule has 1 fully saturated rings. The summed E-state index contributed by atoms with van der Waals surface area (Å²) in [6.45, 7) is 6.94. The molecule has 1 aliphatic heterocycles. The monoisotopic (exact) mass is 398 g/mol. The van der Waals surface area contributed by atoms with Gasteiger partial charge in [0.15, 0.2) is 0 Å². The summed E-state index contributed by atoms with van der Waals surface area (Å²) < 4.78 is 5.52. The van der Waals surface area contributed by atoms with E-state index in [1.165, 1.54) is 0 Å². The van der Waals surface area contributed by atoms with Crippen LogP contribution in [0.5, 0.6) is 0 Å². The van der Waals surface area contributed by atoms with Crippen molar-refractivity contribution < 1.29 is 19.4 Å². The van der Waals surface area contributed by atoms with Crippen LogP contribution in [0.3, 0.4) is 0 Å². The summed E-state index contributed by atoms with van der Waals surface area (Å²) in [4.78, 5) is 26.3. The van der Waals surface area contributed by atoms with Gasteiger partial charge < -0.3 is 9.84 Å². The summed E-state index contributed by atoms with van der Waals surface area (Å²) in [5, 5.41) is 15.1. The molecule has 2 atom stereocenters. The normalized spacial score (nSPS) is 18.7. The van der Waals surface area contributed by atoms with E-state index in [2.05, 4.69) is 5.32 Å². The van der Waals surface area contributed by atoms with Gasteiger partial charge in [0.25, 0.3) is 0 Å². The molecule has 0 bridgehead atoms. The fourth-order valence-corrected chi connectivity index (χ4v) is 3.83. The lowest BCUT2D eigenvalue weighted by Crippen LogP contribution is -2.49. The third-order valence-corrected chi connectivity index (χ3v) is 5.18. The van der Waals surface area contributed by atoms with Crippen LogP contribution in [-0.2, 0) is 20.9 Å². The first-order chi connectivity index (χ1) is 13.7. The van der Waals surface area contributed by atoms with Crippen LogP contribution in [-0.4, -0.2) is 52.7 Å². The first-order valence-corrected chi connectivity index (χ1v) is 10.1. The van der Waals surface area contributed by atoms with Crippen molar-refractivity contribution in [2.24, 2.45) is 0 Å². The quantitative estimate of drug-likeness (QED) is 0.698. The van der Waals surface area contributed by atoms with Gasteiger partial charge in [0.1, 0.15) is 17.7 Å². The standard InChI is InChI=1S/C23H30N2O4/c1-23(2,3)29-22(28)20-12-7-13-25(20)15-19(21(26)27)24-14-17-10-6-9-16-8-4-5-11-18(16)17/h4-6,8-11,19-20,24H,7,12-15H2,1-3H3,(H,26,27)/t19-,20-/m0/s1. The average Bonchev–Trinajstić information content (AvgIpc) is 3.12. The number of nitrogens with one attached hydrogen (secondary N) is 1. The van der Waals surface area contributed by atoms with E-state index in [1.54, 1.807) is 0 Å². The van der Waals surface area contributed by atoms with Crippen molar-refractivity contribution in [1.82, 2.24) is 10.2 Å². The SMILES string of the molecule is CC(C)(C)OC(=O)[C@@H]1CCCN1C[C@H](NCc1cccc2ccccc12)C(=O)O. The van der Waals surface area contributed by atoms with Gasteiger partial charge in [-0.05, 0) is 56.5 Å². The summed E-state index contributed by atoms with van der Waals surface area (Å²) >= 11 is 0. The molecule has 1 aliphatic rings. The summed E-state index contributed by atoms with van der Waals surface area (Å²) in [5.74, 6) is -1.19. The number of fused-ring (bicyclic) bond motifs is 1. The van der Waals surface area contributed by atoms with Gasteiger partial charge in [-0.3, -0.25) is 19.8 Å². The van der Waals surface area contributed by atoms with Crippen molar-refractivity contribution in [1.29, 1.82) is 0 Å². The molecule has 29 heavy (non-hydrogen) atoms. The maximum atomic E-state index is 12.5. The highest BCUT2D eigenvalue weighted by molar-refractivity contribution is 5.85. The number of esters is 1. The summed E-state index contributed by atoms with van der Waals surface area (Å²) in [7, 11) is 0. The number of aliphatic carboxylic acids is 1. The Labute approximate surface area is 171 Å². The average molecular weight is 399 g/mol. The molecule has 0 spiro atoms. The molecule has 0 unspecified atom stereocenters. The molecule has 3 rings (SSSR count). The lowest BCUT2D eigenvalue weighted by atomic mass is 10.0. The van der Waals surface area contributed by atoms with Crippen molar-refractivity contribution in [2.75, 3.05) is 13.1 Å². The number of nitrogens with zero attached hydrogens (tertiary/aromatic N) is 1. The minimum atomic E-state index is -0.917. The second-order valence-electron chi connectivity index (χ2n) is 8.60. The zero-order valence-electron chi connectivity index (χ0n) is 17.4. The summed E-state index contributed by atoms with van der Waals surface area (Å²) in [6, 6.07) is 12.9. The van der Waals surface area contributed by atoms with E-state index < -0.39 is 17.6 Å². The summed E-state index contributed by atoms with van der Waals surface area (Å²) in [6.07, 6.45) is 1.56. The number of carboxylic acids is 1. The number of carbonyl (C=O) groups excluding carboxylic acids is 1. The molecule has 156 valence electrons. The number of rotatable bonds is 7. The van der Waals surface area contributed by atoms with E-state index in [0.717, 1.165) is 22.8 Å². The maximum Gasteiger partial charge on any atom is 0.323 e. The van der Waals surface area contributed by atoms with Crippen molar-refractivity contribution in [3.05, 3.63) is 48.0 Å². The van der Waals surface area contributed by atoms with E-state index in [0.29, 0.717) is 19.5 Å². The van der Waals surface area contributed by atoms with Crippen LogP contribution in [0.15, 0.2) is 42.5 Å². The van der Waals surface area contributed by atoms with Crippen molar-refractivity contribution in [2.45, 2.75) is 57.8 Å². The van der Waals surface area contributed by atoms with Crippen LogP contribution in [0.2, 0.25) is 0 Å². The molecule has 0 saturated carbocycles. The number of ether oxygens (including phenoxy) is 1. The van der Waals surface area contributed by atoms with Crippen LogP contribution in [0.25, 0.3) is 10.8 Å². The fourth-order valence-electron chi connectivity index (χ4n) is 3.83. The number of hydrogen-bond donors (Lipinski definition) is 2. The highest BCUT2D eigenvalue weighted by Crippen LogP contribution is 2.22. The zero-order valence-corrected chi connectivity index (χ0v) is 17.4. The third kappa shape index (κ3) is 5.55. The molecule has 0 aliphatic carbocycles. The lowest BCUT2D eigenvalue weighted by Gasteiger charge is -2.29. The molecule has 0 amide bonds. The molecule has 6 nitrogen and oxygen atoms in total. The number of hydrogen-bond acceptors (Lipinski definition) is 5. The summed E-state index contributed by atoms with van der Waals surface area (Å²) in [5.41, 5.74) is 0.504. The Morgan fingerprint density at radius 2 is 1.93 bits per heavy atom. The Balaban J connectivity index is 1.67. The molecule has 6 heteroatoms. The Kier molecular flexibility index (Phi) is 6.55. The minimum absolute atomic E-state index is 0.268. The molecule has 0 radical (unpaired) electrons. The van der Waals surface area contributed by atoms with Crippen LogP contribution < -0.4 is 5.32 Å². The predicted octanol–water partition coefficient (Wildman–Crippen LogP) is 3.19. The Morgan fingerprint density at radius 1 is 1.21 bits per heavy atom. The van der Waals surface area contributed by atoms with E-state index >= 15 is 0 Å². The van der Waals surface area contributed by atoms with Gasteiger partial charge in [-0.2, -0.15) is 0 Å². The molecule has 2 aromatic rings. The van der Waals surface area contributed by atoms with Gasteiger partial charge in [0, 0.05) is 13.1 Å². The molecular formula is C23H30N2O4. The topological polar surface area (TPSA) is 78.9 Å². The van der Waals surface area contributed by atoms with Gasteiger partial charge >= 0.3 is 11.9 Å². The van der Waals surface area contributed by atoms with Crippen molar-refractivity contribution >= 4 is 22.7 Å². The second kappa shape index (κ2) is 8.93. The Hall–Kier alpha value is -2.44. The Morgan fingerprint density at radius 3 is 2.66 bits per heavy atom. The van der Waals surface area contributed by atoms with Gasteiger partial charge in [0.2, 0.25) is 0 Å². The number of carboxylic acid groups (broad SMARTS) is 1. The maximum absolute atomic E-state index is 12.5. The van der Waals surface area contributed by atoms with Crippen LogP contribution >= 0.6 is 0 Å². The second-order valence-corrected chi connectivity index (χ2v) is 8.60. The number of likely N-dealkylation sites (tertiary alicyclic amines) is 1. The Bertz CT molecular complexity index is 869. The molecule has 0 aromatic heterocycles.